The van der Waals surface area contributed by atoms with Crippen LogP contribution in [0.25, 0.3) is 11.0 Å². The third-order valence-corrected chi connectivity index (χ3v) is 3.51. The molecule has 4 atom stereocenters. The maximum absolute atomic E-state index is 11.2. The number of aliphatic hydroxyl groups is 3. The minimum Gasteiger partial charge on any atom is -0.394 e. The van der Waals surface area contributed by atoms with Crippen molar-refractivity contribution in [1.82, 2.24) is 15.0 Å². The third kappa shape index (κ3) is 2.16. The molecule has 1 saturated heterocycles. The molecule has 3 rings (SSSR count). The molecule has 0 saturated carbocycles. The number of carbonyl (C=O) groups excluding carboxylic acids is 1. The molecule has 1 amide bonds. The van der Waals surface area contributed by atoms with Crippen molar-refractivity contribution < 1.29 is 24.9 Å². The third-order valence-electron chi connectivity index (χ3n) is 3.51. The lowest BCUT2D eigenvalue weighted by Gasteiger charge is -2.12. The van der Waals surface area contributed by atoms with Gasteiger partial charge in [-0.2, -0.15) is 0 Å². The smallest absolute Gasteiger partial charge is 0.250 e. The van der Waals surface area contributed by atoms with Crippen LogP contribution in [0.5, 0.6) is 0 Å². The van der Waals surface area contributed by atoms with Crippen molar-refractivity contribution in [3.8, 4) is 0 Å². The molecule has 6 N–H and O–H groups in total. The number of aromatic nitrogens is 3. The number of H-pyrrole nitrogens is 1. The summed E-state index contributed by atoms with van der Waals surface area (Å²) in [6, 6.07) is 0. The maximum atomic E-state index is 11.2. The monoisotopic (exact) mass is 294 g/mol. The predicted octanol–water partition coefficient (Wildman–Crippen LogP) is -1.79. The zero-order valence-corrected chi connectivity index (χ0v) is 10.8. The summed E-state index contributed by atoms with van der Waals surface area (Å²) in [7, 11) is 0. The van der Waals surface area contributed by atoms with E-state index in [1.54, 1.807) is 0 Å². The van der Waals surface area contributed by atoms with E-state index in [1.165, 1.54) is 12.4 Å². The van der Waals surface area contributed by atoms with E-state index in [0.717, 1.165) is 0 Å². The normalized spacial score (nSPS) is 29.1. The summed E-state index contributed by atoms with van der Waals surface area (Å²) in [5, 5.41) is 29.2. The standard InChI is InChI=1S/C12H14N4O5/c13-10(20)4-1-14-11-5(4)2-15-12(16-11)9-8(19)7(18)6(3-17)21-9/h1-2,6-9,17-19H,3H2,(H2,13,20)(H,14,15,16)/t6-,7-,8-,9-/m1/s1. The number of primary amides is 1. The largest absolute Gasteiger partial charge is 0.394 e. The van der Waals surface area contributed by atoms with E-state index in [2.05, 4.69) is 15.0 Å². The first kappa shape index (κ1) is 13.9. The molecule has 9 heteroatoms. The molecule has 0 radical (unpaired) electrons. The summed E-state index contributed by atoms with van der Waals surface area (Å²) in [5.41, 5.74) is 5.85. The molecule has 2 aromatic rings. The number of carbonyl (C=O) groups is 1. The summed E-state index contributed by atoms with van der Waals surface area (Å²) in [5.74, 6) is -0.464. The van der Waals surface area contributed by atoms with Gasteiger partial charge in [0.15, 0.2) is 5.82 Å². The van der Waals surface area contributed by atoms with Crippen LogP contribution < -0.4 is 5.73 Å². The van der Waals surface area contributed by atoms with E-state index in [-0.39, 0.29) is 11.4 Å². The molecule has 2 aromatic heterocycles. The molecule has 0 bridgehead atoms. The van der Waals surface area contributed by atoms with Gasteiger partial charge in [-0.3, -0.25) is 4.79 Å². The number of nitrogens with zero attached hydrogens (tertiary/aromatic N) is 2. The number of hydrogen-bond acceptors (Lipinski definition) is 7. The van der Waals surface area contributed by atoms with Gasteiger partial charge in [-0.05, 0) is 0 Å². The average Bonchev–Trinajstić information content (AvgIpc) is 3.01. The van der Waals surface area contributed by atoms with Crippen LogP contribution >= 0.6 is 0 Å². The molecule has 1 aliphatic rings. The Morgan fingerprint density at radius 3 is 2.81 bits per heavy atom. The topological polar surface area (TPSA) is 155 Å². The summed E-state index contributed by atoms with van der Waals surface area (Å²) < 4.78 is 5.34. The van der Waals surface area contributed by atoms with Crippen molar-refractivity contribution in [3.05, 3.63) is 23.8 Å². The molecule has 1 fully saturated rings. The Hall–Kier alpha value is -2.07. The van der Waals surface area contributed by atoms with Gasteiger partial charge in [0.25, 0.3) is 5.91 Å². The highest BCUT2D eigenvalue weighted by Crippen LogP contribution is 2.32. The van der Waals surface area contributed by atoms with Crippen LogP contribution in [0.2, 0.25) is 0 Å². The second-order valence-corrected chi connectivity index (χ2v) is 4.82. The van der Waals surface area contributed by atoms with Crippen LogP contribution in [-0.4, -0.2) is 61.1 Å². The van der Waals surface area contributed by atoms with Crippen LogP contribution in [0.4, 0.5) is 0 Å². The first-order valence-electron chi connectivity index (χ1n) is 6.29. The van der Waals surface area contributed by atoms with Gasteiger partial charge < -0.3 is 30.8 Å². The van der Waals surface area contributed by atoms with Crippen LogP contribution in [0.1, 0.15) is 22.3 Å². The van der Waals surface area contributed by atoms with Crippen molar-refractivity contribution in [2.45, 2.75) is 24.4 Å². The van der Waals surface area contributed by atoms with Crippen molar-refractivity contribution >= 4 is 16.9 Å². The number of hydrogen-bond donors (Lipinski definition) is 5. The number of aliphatic hydroxyl groups excluding tert-OH is 3. The fourth-order valence-electron chi connectivity index (χ4n) is 2.37. The SMILES string of the molecule is NC(=O)c1c[nH]c2nc([C@@H]3O[C@H](CO)[C@@H](O)[C@H]3O)ncc12. The maximum Gasteiger partial charge on any atom is 0.250 e. The zero-order valence-electron chi connectivity index (χ0n) is 10.8. The van der Waals surface area contributed by atoms with Gasteiger partial charge in [-0.15, -0.1) is 0 Å². The number of nitrogens with one attached hydrogen (secondary N) is 1. The fraction of sp³-hybridized carbons (Fsp3) is 0.417. The number of rotatable bonds is 3. The molecule has 21 heavy (non-hydrogen) atoms. The minimum absolute atomic E-state index is 0.142. The van der Waals surface area contributed by atoms with Gasteiger partial charge >= 0.3 is 0 Å². The van der Waals surface area contributed by atoms with E-state index in [0.29, 0.717) is 11.0 Å². The quantitative estimate of drug-likeness (QED) is 0.448. The van der Waals surface area contributed by atoms with Crippen LogP contribution in [-0.2, 0) is 4.74 Å². The van der Waals surface area contributed by atoms with Crippen LogP contribution in [0.3, 0.4) is 0 Å². The Balaban J connectivity index is 1.97. The van der Waals surface area contributed by atoms with Gasteiger partial charge in [0.2, 0.25) is 0 Å². The summed E-state index contributed by atoms with van der Waals surface area (Å²) >= 11 is 0. The van der Waals surface area contributed by atoms with E-state index in [1.807, 2.05) is 0 Å². The Morgan fingerprint density at radius 2 is 2.19 bits per heavy atom. The number of amides is 1. The highest BCUT2D eigenvalue weighted by molar-refractivity contribution is 6.04. The molecule has 0 spiro atoms. The van der Waals surface area contributed by atoms with Gasteiger partial charge in [0, 0.05) is 17.8 Å². The average molecular weight is 294 g/mol. The Morgan fingerprint density at radius 1 is 1.43 bits per heavy atom. The summed E-state index contributed by atoms with van der Waals surface area (Å²) in [6.45, 7) is -0.425. The van der Waals surface area contributed by atoms with E-state index in [9.17, 15) is 15.0 Å². The van der Waals surface area contributed by atoms with Gasteiger partial charge in [0.05, 0.1) is 12.2 Å². The summed E-state index contributed by atoms with van der Waals surface area (Å²) in [4.78, 5) is 22.2. The molecular formula is C12H14N4O5. The predicted molar refractivity (Wildman–Crippen MR) is 69.1 cm³/mol. The van der Waals surface area contributed by atoms with Crippen LogP contribution in [0, 0.1) is 0 Å². The molecular weight excluding hydrogens is 280 g/mol. The lowest BCUT2D eigenvalue weighted by atomic mass is 10.1. The first-order valence-corrected chi connectivity index (χ1v) is 6.29. The Kier molecular flexibility index (Phi) is 3.33. The van der Waals surface area contributed by atoms with E-state index >= 15 is 0 Å². The van der Waals surface area contributed by atoms with Crippen molar-refractivity contribution in [1.29, 1.82) is 0 Å². The first-order chi connectivity index (χ1) is 10.0. The van der Waals surface area contributed by atoms with Gasteiger partial charge in [-0.25, -0.2) is 9.97 Å². The molecule has 1 aliphatic heterocycles. The van der Waals surface area contributed by atoms with E-state index in [4.69, 9.17) is 15.6 Å². The van der Waals surface area contributed by atoms with Crippen LogP contribution in [0.15, 0.2) is 12.4 Å². The number of nitrogens with two attached hydrogens (primary N) is 1. The molecule has 9 nitrogen and oxygen atoms in total. The Bertz CT molecular complexity index is 687. The highest BCUT2D eigenvalue weighted by atomic mass is 16.6. The zero-order chi connectivity index (χ0) is 15.1. The number of fused-ring (bicyclic) bond motifs is 1. The second-order valence-electron chi connectivity index (χ2n) is 4.82. The Labute approximate surface area is 118 Å². The lowest BCUT2D eigenvalue weighted by molar-refractivity contribution is -0.0252. The minimum atomic E-state index is -1.25. The van der Waals surface area contributed by atoms with Crippen molar-refractivity contribution in [2.24, 2.45) is 5.73 Å². The molecule has 3 heterocycles. The van der Waals surface area contributed by atoms with E-state index < -0.39 is 36.9 Å². The number of aromatic amines is 1. The molecule has 0 unspecified atom stereocenters. The second kappa shape index (κ2) is 5.04. The summed E-state index contributed by atoms with van der Waals surface area (Å²) in [6.07, 6.45) is -1.50. The molecule has 112 valence electrons. The number of ether oxygens (including phenoxy) is 1. The molecule has 0 aliphatic carbocycles. The highest BCUT2D eigenvalue weighted by Gasteiger charge is 2.44. The van der Waals surface area contributed by atoms with Crippen molar-refractivity contribution in [3.63, 3.8) is 0 Å². The van der Waals surface area contributed by atoms with Gasteiger partial charge in [0.1, 0.15) is 30.1 Å². The van der Waals surface area contributed by atoms with Crippen molar-refractivity contribution in [2.75, 3.05) is 6.61 Å². The lowest BCUT2D eigenvalue weighted by Crippen LogP contribution is -2.32. The van der Waals surface area contributed by atoms with Gasteiger partial charge in [-0.1, -0.05) is 0 Å². The molecule has 0 aromatic carbocycles. The fourth-order valence-corrected chi connectivity index (χ4v) is 2.37.